The highest BCUT2D eigenvalue weighted by Gasteiger charge is 2.29. The fraction of sp³-hybridized carbons (Fsp3) is 0.333. The summed E-state index contributed by atoms with van der Waals surface area (Å²) < 4.78 is 11.1. The van der Waals surface area contributed by atoms with Gasteiger partial charge in [-0.15, -0.1) is 0 Å². The van der Waals surface area contributed by atoms with Gasteiger partial charge in [0.25, 0.3) is 5.89 Å². The normalized spacial score (nSPS) is 14.2. The summed E-state index contributed by atoms with van der Waals surface area (Å²) in [6, 6.07) is 12.6. The van der Waals surface area contributed by atoms with E-state index in [0.717, 1.165) is 0 Å². The van der Waals surface area contributed by atoms with Gasteiger partial charge in [-0.3, -0.25) is 9.59 Å². The number of anilines is 3. The van der Waals surface area contributed by atoms with Gasteiger partial charge in [0.15, 0.2) is 5.76 Å². The molecule has 4 rings (SSSR count). The van der Waals surface area contributed by atoms with Gasteiger partial charge in [-0.1, -0.05) is 19.9 Å². The Morgan fingerprint density at radius 3 is 2.52 bits per heavy atom. The summed E-state index contributed by atoms with van der Waals surface area (Å²) in [6.45, 7) is 4.76. The van der Waals surface area contributed by atoms with Gasteiger partial charge in [0.2, 0.25) is 23.4 Å². The van der Waals surface area contributed by atoms with E-state index in [0.29, 0.717) is 49.0 Å². The first-order chi connectivity index (χ1) is 15.9. The molecule has 1 aliphatic heterocycles. The van der Waals surface area contributed by atoms with Crippen LogP contribution in [0.3, 0.4) is 0 Å². The van der Waals surface area contributed by atoms with Crippen LogP contribution in [0, 0.1) is 23.2 Å². The fourth-order valence-corrected chi connectivity index (χ4v) is 3.66. The van der Waals surface area contributed by atoms with E-state index >= 15 is 0 Å². The second kappa shape index (κ2) is 9.61. The molecule has 0 atom stereocenters. The van der Waals surface area contributed by atoms with E-state index in [2.05, 4.69) is 21.7 Å². The SMILES string of the molecule is CC(C)C(=O)Nc1cccc(NC(=O)C2CCN(c3oc(-c4ccco4)nc3C#N)CC2)c1. The van der Waals surface area contributed by atoms with Crippen molar-refractivity contribution in [3.05, 3.63) is 48.4 Å². The third-order valence-corrected chi connectivity index (χ3v) is 5.52. The average Bonchev–Trinajstić information content (AvgIpc) is 3.49. The summed E-state index contributed by atoms with van der Waals surface area (Å²) >= 11 is 0. The van der Waals surface area contributed by atoms with Crippen molar-refractivity contribution in [3.8, 4) is 17.7 Å². The molecular formula is C24H25N5O4. The number of hydrogen-bond acceptors (Lipinski definition) is 7. The van der Waals surface area contributed by atoms with Gasteiger partial charge < -0.3 is 24.4 Å². The van der Waals surface area contributed by atoms with Crippen molar-refractivity contribution >= 4 is 29.1 Å². The number of rotatable bonds is 6. The van der Waals surface area contributed by atoms with Crippen molar-refractivity contribution in [1.82, 2.24) is 4.98 Å². The number of nitriles is 1. The zero-order valence-corrected chi connectivity index (χ0v) is 18.5. The van der Waals surface area contributed by atoms with Crippen molar-refractivity contribution in [2.24, 2.45) is 11.8 Å². The molecule has 33 heavy (non-hydrogen) atoms. The molecule has 0 spiro atoms. The van der Waals surface area contributed by atoms with Crippen LogP contribution in [0.25, 0.3) is 11.7 Å². The first-order valence-corrected chi connectivity index (χ1v) is 10.9. The molecule has 1 fully saturated rings. The van der Waals surface area contributed by atoms with Crippen molar-refractivity contribution < 1.29 is 18.4 Å². The molecule has 1 saturated heterocycles. The molecule has 1 aliphatic rings. The molecule has 3 aromatic rings. The molecule has 3 heterocycles. The number of aromatic nitrogens is 1. The van der Waals surface area contributed by atoms with E-state index in [1.165, 1.54) is 6.26 Å². The first-order valence-electron chi connectivity index (χ1n) is 10.9. The maximum absolute atomic E-state index is 12.8. The minimum Gasteiger partial charge on any atom is -0.459 e. The van der Waals surface area contributed by atoms with Crippen molar-refractivity contribution in [1.29, 1.82) is 5.26 Å². The second-order valence-electron chi connectivity index (χ2n) is 8.24. The summed E-state index contributed by atoms with van der Waals surface area (Å²) in [5, 5.41) is 15.2. The summed E-state index contributed by atoms with van der Waals surface area (Å²) in [5.41, 5.74) is 1.47. The van der Waals surface area contributed by atoms with Crippen molar-refractivity contribution in [2.75, 3.05) is 28.6 Å². The largest absolute Gasteiger partial charge is 0.459 e. The lowest BCUT2D eigenvalue weighted by Crippen LogP contribution is -2.38. The number of hydrogen-bond donors (Lipinski definition) is 2. The predicted molar refractivity (Wildman–Crippen MR) is 122 cm³/mol. The Bertz CT molecular complexity index is 1170. The maximum Gasteiger partial charge on any atom is 0.266 e. The van der Waals surface area contributed by atoms with Crippen LogP contribution in [0.1, 0.15) is 32.4 Å². The number of nitrogens with zero attached hydrogens (tertiary/aromatic N) is 3. The van der Waals surface area contributed by atoms with E-state index in [4.69, 9.17) is 8.83 Å². The molecule has 0 saturated carbocycles. The van der Waals surface area contributed by atoms with E-state index in [1.807, 2.05) is 18.7 Å². The summed E-state index contributed by atoms with van der Waals surface area (Å²) in [6.07, 6.45) is 2.73. The van der Waals surface area contributed by atoms with Gasteiger partial charge in [-0.25, -0.2) is 0 Å². The van der Waals surface area contributed by atoms with E-state index < -0.39 is 0 Å². The maximum atomic E-state index is 12.8. The minimum atomic E-state index is -0.173. The molecule has 9 nitrogen and oxygen atoms in total. The molecule has 1 aromatic carbocycles. The second-order valence-corrected chi connectivity index (χ2v) is 8.24. The molecule has 0 bridgehead atoms. The van der Waals surface area contributed by atoms with Gasteiger partial charge in [0.05, 0.1) is 6.26 Å². The highest BCUT2D eigenvalue weighted by Crippen LogP contribution is 2.31. The molecular weight excluding hydrogens is 422 g/mol. The number of benzene rings is 1. The van der Waals surface area contributed by atoms with E-state index in [1.54, 1.807) is 36.4 Å². The number of piperidine rings is 1. The number of amides is 2. The van der Waals surface area contributed by atoms with Crippen LogP contribution >= 0.6 is 0 Å². The molecule has 170 valence electrons. The van der Waals surface area contributed by atoms with Crippen LogP contribution in [-0.4, -0.2) is 29.9 Å². The fourth-order valence-electron chi connectivity index (χ4n) is 3.66. The van der Waals surface area contributed by atoms with Crippen LogP contribution in [-0.2, 0) is 9.59 Å². The van der Waals surface area contributed by atoms with Gasteiger partial charge in [-0.2, -0.15) is 10.2 Å². The van der Waals surface area contributed by atoms with Crippen molar-refractivity contribution in [3.63, 3.8) is 0 Å². The van der Waals surface area contributed by atoms with Crippen LogP contribution in [0.4, 0.5) is 17.3 Å². The highest BCUT2D eigenvalue weighted by atomic mass is 16.4. The predicted octanol–water partition coefficient (Wildman–Crippen LogP) is 4.26. The lowest BCUT2D eigenvalue weighted by Gasteiger charge is -2.31. The highest BCUT2D eigenvalue weighted by molar-refractivity contribution is 5.95. The van der Waals surface area contributed by atoms with Gasteiger partial charge in [0, 0.05) is 36.3 Å². The van der Waals surface area contributed by atoms with Crippen LogP contribution in [0.15, 0.2) is 51.5 Å². The van der Waals surface area contributed by atoms with Gasteiger partial charge in [-0.05, 0) is 43.2 Å². The Morgan fingerprint density at radius 1 is 1.15 bits per heavy atom. The van der Waals surface area contributed by atoms with E-state index in [9.17, 15) is 14.9 Å². The van der Waals surface area contributed by atoms with Gasteiger partial charge >= 0.3 is 0 Å². The average molecular weight is 447 g/mol. The number of nitrogens with one attached hydrogen (secondary N) is 2. The van der Waals surface area contributed by atoms with Gasteiger partial charge in [0.1, 0.15) is 6.07 Å². The standard InChI is InChI=1S/C24H25N5O4/c1-15(2)21(30)26-17-5-3-6-18(13-17)27-22(31)16-8-10-29(11-9-16)24-19(14-25)28-23(33-24)20-7-4-12-32-20/h3-7,12-13,15-16H,8-11H2,1-2H3,(H,26,30)(H,27,31). The lowest BCUT2D eigenvalue weighted by molar-refractivity contribution is -0.120. The molecule has 2 N–H and O–H groups in total. The summed E-state index contributed by atoms with van der Waals surface area (Å²) in [5.74, 6) is 0.662. The van der Waals surface area contributed by atoms with Crippen molar-refractivity contribution in [2.45, 2.75) is 26.7 Å². The molecule has 2 aromatic heterocycles. The molecule has 2 amide bonds. The Kier molecular flexibility index (Phi) is 6.45. The molecule has 0 radical (unpaired) electrons. The number of carbonyl (C=O) groups excluding carboxylic acids is 2. The van der Waals surface area contributed by atoms with Crippen LogP contribution in [0.2, 0.25) is 0 Å². The Balaban J connectivity index is 1.36. The molecule has 0 unspecified atom stereocenters. The first kappa shape index (κ1) is 22.1. The lowest BCUT2D eigenvalue weighted by atomic mass is 9.96. The Hall–Kier alpha value is -4.06. The Morgan fingerprint density at radius 2 is 1.88 bits per heavy atom. The summed E-state index contributed by atoms with van der Waals surface area (Å²) in [7, 11) is 0. The topological polar surface area (TPSA) is 124 Å². The monoisotopic (exact) mass is 447 g/mol. The Labute approximate surface area is 191 Å². The number of carbonyl (C=O) groups is 2. The molecule has 9 heteroatoms. The smallest absolute Gasteiger partial charge is 0.266 e. The number of oxazole rings is 1. The van der Waals surface area contributed by atoms with E-state index in [-0.39, 0.29) is 35.2 Å². The zero-order chi connectivity index (χ0) is 23.4. The third-order valence-electron chi connectivity index (χ3n) is 5.52. The van der Waals surface area contributed by atoms with Crippen LogP contribution in [0.5, 0.6) is 0 Å². The summed E-state index contributed by atoms with van der Waals surface area (Å²) in [4.78, 5) is 30.9. The molecule has 0 aliphatic carbocycles. The quantitative estimate of drug-likeness (QED) is 0.578. The zero-order valence-electron chi connectivity index (χ0n) is 18.5. The van der Waals surface area contributed by atoms with Crippen LogP contribution < -0.4 is 15.5 Å². The number of furan rings is 1. The minimum absolute atomic E-state index is 0.0728. The third kappa shape index (κ3) is 5.06.